The summed E-state index contributed by atoms with van der Waals surface area (Å²) >= 11 is 0. The van der Waals surface area contributed by atoms with Crippen LogP contribution in [0.5, 0.6) is 0 Å². The summed E-state index contributed by atoms with van der Waals surface area (Å²) in [7, 11) is -3.45. The predicted molar refractivity (Wildman–Crippen MR) is 56.3 cm³/mol. The molecule has 1 atom stereocenters. The van der Waals surface area contributed by atoms with E-state index in [2.05, 4.69) is 16.8 Å². The molecular weight excluding hydrogens is 212 g/mol. The van der Waals surface area contributed by atoms with Crippen LogP contribution in [-0.4, -0.2) is 20.3 Å². The van der Waals surface area contributed by atoms with Crippen LogP contribution < -0.4 is 0 Å². The number of sulfone groups is 1. The molecule has 1 aliphatic heterocycles. The first-order valence-electron chi connectivity index (χ1n) is 4.45. The minimum absolute atomic E-state index is 0.261. The summed E-state index contributed by atoms with van der Waals surface area (Å²) in [4.78, 5) is 0.261. The first-order valence-corrected chi connectivity index (χ1v) is 6.00. The Morgan fingerprint density at radius 3 is 2.47 bits per heavy atom. The van der Waals surface area contributed by atoms with Gasteiger partial charge < -0.3 is 0 Å². The minimum atomic E-state index is -3.45. The van der Waals surface area contributed by atoms with Crippen molar-refractivity contribution in [3.8, 4) is 0 Å². The molecule has 0 amide bonds. The molecule has 1 aromatic carbocycles. The molecule has 1 aromatic rings. The quantitative estimate of drug-likeness (QED) is 0.716. The minimum Gasteiger partial charge on any atom is -0.221 e. The summed E-state index contributed by atoms with van der Waals surface area (Å²) in [6, 6.07) is 8.24. The topological polar surface area (TPSA) is 58.9 Å². The summed E-state index contributed by atoms with van der Waals surface area (Å²) in [5, 5.41) is 6.48. The number of hydrogen-bond acceptors (Lipinski definition) is 4. The molecule has 5 heteroatoms. The number of hydrogen-bond donors (Lipinski definition) is 0. The van der Waals surface area contributed by atoms with Crippen LogP contribution in [0.2, 0.25) is 0 Å². The zero-order valence-electron chi connectivity index (χ0n) is 8.00. The lowest BCUT2D eigenvalue weighted by atomic mass is 10.3. The highest BCUT2D eigenvalue weighted by Crippen LogP contribution is 2.25. The Balaban J connectivity index is 2.44. The van der Waals surface area contributed by atoms with Crippen LogP contribution in [0.15, 0.2) is 57.6 Å². The van der Waals surface area contributed by atoms with Gasteiger partial charge in [-0.05, 0) is 17.7 Å². The standard InChI is InChI=1S/C10H10N2O2S/c1-8-7-11-12-10(8)15(13,14)9-5-3-2-4-6-9/h2-6,10H,1,7H2. The molecule has 78 valence electrons. The lowest BCUT2D eigenvalue weighted by Gasteiger charge is -2.08. The molecule has 0 bridgehead atoms. The molecule has 0 fully saturated rings. The van der Waals surface area contributed by atoms with Crippen LogP contribution >= 0.6 is 0 Å². The van der Waals surface area contributed by atoms with Crippen molar-refractivity contribution in [2.24, 2.45) is 10.2 Å². The average molecular weight is 222 g/mol. The maximum Gasteiger partial charge on any atom is 0.207 e. The third-order valence-corrected chi connectivity index (χ3v) is 4.12. The van der Waals surface area contributed by atoms with Crippen LogP contribution in [0.25, 0.3) is 0 Å². The van der Waals surface area contributed by atoms with Crippen LogP contribution in [0.4, 0.5) is 0 Å². The molecule has 0 N–H and O–H groups in total. The lowest BCUT2D eigenvalue weighted by molar-refractivity contribution is 0.588. The second kappa shape index (κ2) is 3.58. The average Bonchev–Trinajstić information content (AvgIpc) is 2.66. The maximum atomic E-state index is 12.0. The third kappa shape index (κ3) is 1.70. The van der Waals surface area contributed by atoms with Crippen molar-refractivity contribution < 1.29 is 8.42 Å². The fraction of sp³-hybridized carbons (Fsp3) is 0.200. The highest BCUT2D eigenvalue weighted by molar-refractivity contribution is 7.92. The Morgan fingerprint density at radius 1 is 1.27 bits per heavy atom. The van der Waals surface area contributed by atoms with Gasteiger partial charge in [-0.15, -0.1) is 0 Å². The second-order valence-corrected chi connectivity index (χ2v) is 5.29. The zero-order valence-corrected chi connectivity index (χ0v) is 8.81. The predicted octanol–water partition coefficient (Wildman–Crippen LogP) is 1.81. The molecule has 15 heavy (non-hydrogen) atoms. The summed E-state index contributed by atoms with van der Waals surface area (Å²) in [6.45, 7) is 3.96. The van der Waals surface area contributed by atoms with E-state index in [-0.39, 0.29) is 4.90 Å². The van der Waals surface area contributed by atoms with Crippen molar-refractivity contribution in [2.45, 2.75) is 10.3 Å². The lowest BCUT2D eigenvalue weighted by Crippen LogP contribution is -2.19. The summed E-state index contributed by atoms with van der Waals surface area (Å²) in [5.41, 5.74) is 0.527. The van der Waals surface area contributed by atoms with Gasteiger partial charge in [-0.3, -0.25) is 0 Å². The van der Waals surface area contributed by atoms with Crippen molar-refractivity contribution in [1.82, 2.24) is 0 Å². The van der Waals surface area contributed by atoms with Gasteiger partial charge in [-0.1, -0.05) is 24.8 Å². The van der Waals surface area contributed by atoms with E-state index < -0.39 is 15.2 Å². The number of nitrogens with zero attached hydrogens (tertiary/aromatic N) is 2. The van der Waals surface area contributed by atoms with Gasteiger partial charge in [0.05, 0.1) is 11.4 Å². The molecule has 2 rings (SSSR count). The molecule has 0 aromatic heterocycles. The van der Waals surface area contributed by atoms with Crippen molar-refractivity contribution in [3.63, 3.8) is 0 Å². The van der Waals surface area contributed by atoms with E-state index in [0.29, 0.717) is 12.1 Å². The Morgan fingerprint density at radius 2 is 1.93 bits per heavy atom. The van der Waals surface area contributed by atoms with Crippen LogP contribution in [0, 0.1) is 0 Å². The van der Waals surface area contributed by atoms with Gasteiger partial charge in [0.2, 0.25) is 9.84 Å². The van der Waals surface area contributed by atoms with Crippen LogP contribution in [0.1, 0.15) is 0 Å². The van der Waals surface area contributed by atoms with E-state index in [1.165, 1.54) is 0 Å². The van der Waals surface area contributed by atoms with E-state index in [9.17, 15) is 8.42 Å². The van der Waals surface area contributed by atoms with Crippen molar-refractivity contribution >= 4 is 9.84 Å². The van der Waals surface area contributed by atoms with Gasteiger partial charge >= 0.3 is 0 Å². The van der Waals surface area contributed by atoms with Gasteiger partial charge in [0.15, 0.2) is 5.37 Å². The molecule has 0 aliphatic carbocycles. The fourth-order valence-corrected chi connectivity index (χ4v) is 2.88. The molecular formula is C10H10N2O2S. The van der Waals surface area contributed by atoms with E-state index in [1.807, 2.05) is 0 Å². The van der Waals surface area contributed by atoms with Gasteiger partial charge in [0.25, 0.3) is 0 Å². The molecule has 1 heterocycles. The first kappa shape index (κ1) is 10.0. The molecule has 0 saturated heterocycles. The van der Waals surface area contributed by atoms with E-state index in [0.717, 1.165) is 0 Å². The monoisotopic (exact) mass is 222 g/mol. The van der Waals surface area contributed by atoms with Crippen molar-refractivity contribution in [2.75, 3.05) is 6.54 Å². The summed E-state index contributed by atoms with van der Waals surface area (Å²) in [5.74, 6) is 0. The maximum absolute atomic E-state index is 12.0. The summed E-state index contributed by atoms with van der Waals surface area (Å²) in [6.07, 6.45) is 0. The Hall–Kier alpha value is -1.49. The molecule has 0 saturated carbocycles. The molecule has 1 aliphatic rings. The van der Waals surface area contributed by atoms with E-state index in [4.69, 9.17) is 0 Å². The SMILES string of the molecule is C=C1CN=NC1S(=O)(=O)c1ccccc1. The summed E-state index contributed by atoms with van der Waals surface area (Å²) < 4.78 is 24.1. The smallest absolute Gasteiger partial charge is 0.207 e. The normalized spacial score (nSPS) is 20.8. The molecule has 4 nitrogen and oxygen atoms in total. The first-order chi connectivity index (χ1) is 7.12. The second-order valence-electron chi connectivity index (χ2n) is 3.28. The zero-order chi connectivity index (χ0) is 10.9. The molecule has 0 spiro atoms. The van der Waals surface area contributed by atoms with Crippen molar-refractivity contribution in [3.05, 3.63) is 42.5 Å². The van der Waals surface area contributed by atoms with Gasteiger partial charge in [-0.2, -0.15) is 10.2 Å². The third-order valence-electron chi connectivity index (χ3n) is 2.18. The van der Waals surface area contributed by atoms with Gasteiger partial charge in [0, 0.05) is 0 Å². The number of azo groups is 1. The molecule has 0 radical (unpaired) electrons. The Kier molecular flexibility index (Phi) is 2.40. The number of rotatable bonds is 2. The van der Waals surface area contributed by atoms with Crippen molar-refractivity contribution in [1.29, 1.82) is 0 Å². The van der Waals surface area contributed by atoms with Gasteiger partial charge in [-0.25, -0.2) is 8.42 Å². The van der Waals surface area contributed by atoms with Crippen LogP contribution in [0.3, 0.4) is 0 Å². The van der Waals surface area contributed by atoms with E-state index in [1.54, 1.807) is 30.3 Å². The Labute approximate surface area is 88.3 Å². The fourth-order valence-electron chi connectivity index (χ4n) is 1.39. The van der Waals surface area contributed by atoms with E-state index >= 15 is 0 Å². The molecule has 1 unspecified atom stereocenters. The highest BCUT2D eigenvalue weighted by atomic mass is 32.2. The van der Waals surface area contributed by atoms with Gasteiger partial charge in [0.1, 0.15) is 0 Å². The largest absolute Gasteiger partial charge is 0.221 e. The Bertz CT molecular complexity index is 505. The highest BCUT2D eigenvalue weighted by Gasteiger charge is 2.32. The number of benzene rings is 1. The van der Waals surface area contributed by atoms with Crippen LogP contribution in [-0.2, 0) is 9.84 Å².